The predicted octanol–water partition coefficient (Wildman–Crippen LogP) is 1.84. The van der Waals surface area contributed by atoms with Gasteiger partial charge in [0.15, 0.2) is 5.03 Å². The Labute approximate surface area is 168 Å². The third kappa shape index (κ3) is 4.55. The normalized spacial score (nSPS) is 24.8. The van der Waals surface area contributed by atoms with E-state index >= 15 is 0 Å². The summed E-state index contributed by atoms with van der Waals surface area (Å²) in [6.45, 7) is 0.952. The maximum Gasteiger partial charge on any atom is 0.260 e. The Morgan fingerprint density at radius 3 is 2.57 bits per heavy atom. The quantitative estimate of drug-likeness (QED) is 0.802. The fourth-order valence-electron chi connectivity index (χ4n) is 4.63. The average molecular weight is 409 g/mol. The maximum atomic E-state index is 13.3. The van der Waals surface area contributed by atoms with Gasteiger partial charge in [0, 0.05) is 39.9 Å². The lowest BCUT2D eigenvalue weighted by atomic mass is 9.74. The fourth-order valence-corrected chi connectivity index (χ4v) is 6.16. The van der Waals surface area contributed by atoms with Gasteiger partial charge in [0.05, 0.1) is 5.92 Å². The lowest BCUT2D eigenvalue weighted by molar-refractivity contribution is -0.135. The van der Waals surface area contributed by atoms with Crippen LogP contribution in [0.4, 0.5) is 0 Å². The number of piperidine rings is 1. The molecule has 0 radical (unpaired) electrons. The molecule has 0 bridgehead atoms. The zero-order chi connectivity index (χ0) is 20.3. The third-order valence-electron chi connectivity index (χ3n) is 6.20. The molecule has 156 valence electrons. The summed E-state index contributed by atoms with van der Waals surface area (Å²) in [7, 11) is -0.295. The molecule has 7 nitrogen and oxygen atoms in total. The van der Waals surface area contributed by atoms with Crippen LogP contribution in [0.1, 0.15) is 44.1 Å². The highest BCUT2D eigenvalue weighted by Gasteiger charge is 2.41. The van der Waals surface area contributed by atoms with Crippen LogP contribution in [-0.4, -0.2) is 55.7 Å². The van der Waals surface area contributed by atoms with Crippen LogP contribution < -0.4 is 5.73 Å². The van der Waals surface area contributed by atoms with Gasteiger partial charge in [-0.05, 0) is 36.0 Å². The van der Waals surface area contributed by atoms with Gasteiger partial charge < -0.3 is 10.6 Å². The highest BCUT2D eigenvalue weighted by atomic mass is 32.2. The first-order chi connectivity index (χ1) is 13.3. The number of carbonyl (C=O) groups is 1. The predicted molar refractivity (Wildman–Crippen MR) is 108 cm³/mol. The molecule has 0 spiro atoms. The average Bonchev–Trinajstić information content (AvgIpc) is 2.73. The second kappa shape index (κ2) is 8.88. The number of carbonyl (C=O) groups excluding carboxylic acids is 1. The minimum atomic E-state index is -3.76. The molecule has 28 heavy (non-hydrogen) atoms. The number of sulfonamides is 1. The third-order valence-corrected chi connectivity index (χ3v) is 7.92. The van der Waals surface area contributed by atoms with Crippen LogP contribution in [0.2, 0.25) is 0 Å². The summed E-state index contributed by atoms with van der Waals surface area (Å²) in [6, 6.07) is 3.26. The van der Waals surface area contributed by atoms with Gasteiger partial charge in [-0.25, -0.2) is 13.4 Å². The van der Waals surface area contributed by atoms with Crippen LogP contribution in [0, 0.1) is 17.8 Å². The summed E-state index contributed by atoms with van der Waals surface area (Å²) in [5.41, 5.74) is 6.40. The highest BCUT2D eigenvalue weighted by molar-refractivity contribution is 7.89. The van der Waals surface area contributed by atoms with E-state index in [4.69, 9.17) is 5.73 Å². The second-order valence-electron chi connectivity index (χ2n) is 8.35. The number of rotatable bonds is 5. The van der Waals surface area contributed by atoms with Crippen molar-refractivity contribution in [3.63, 3.8) is 0 Å². The zero-order valence-electron chi connectivity index (χ0n) is 16.9. The van der Waals surface area contributed by atoms with E-state index in [2.05, 4.69) is 4.98 Å². The van der Waals surface area contributed by atoms with E-state index in [9.17, 15) is 13.2 Å². The van der Waals surface area contributed by atoms with Crippen LogP contribution in [0.15, 0.2) is 23.4 Å². The van der Waals surface area contributed by atoms with E-state index in [-0.39, 0.29) is 35.9 Å². The molecule has 0 aromatic carbocycles. The Morgan fingerprint density at radius 1 is 1.21 bits per heavy atom. The molecule has 8 heteroatoms. The molecule has 1 aromatic heterocycles. The summed E-state index contributed by atoms with van der Waals surface area (Å²) in [4.78, 5) is 18.4. The minimum Gasteiger partial charge on any atom is -0.349 e. The molecule has 1 aromatic rings. The van der Waals surface area contributed by atoms with Crippen molar-refractivity contribution in [3.05, 3.63) is 23.9 Å². The van der Waals surface area contributed by atoms with Crippen molar-refractivity contribution in [3.8, 4) is 0 Å². The Kier molecular flexibility index (Phi) is 6.73. The van der Waals surface area contributed by atoms with Crippen LogP contribution in [0.5, 0.6) is 0 Å². The molecule has 2 atom stereocenters. The monoisotopic (exact) mass is 408 g/mol. The standard InChI is InChI=1S/C20H32N4O3S/c1-23(2)20(25)18-11-17(16-6-4-3-5-7-16)13-24(14-18)28(26,27)19-10-15(12-21)8-9-22-19/h8-10,16-18H,3-7,11-14,21H2,1-2H3. The molecule has 2 fully saturated rings. The van der Waals surface area contributed by atoms with Crippen LogP contribution in [0.3, 0.4) is 0 Å². The van der Waals surface area contributed by atoms with Gasteiger partial charge in [0.1, 0.15) is 0 Å². The second-order valence-corrected chi connectivity index (χ2v) is 10.2. The van der Waals surface area contributed by atoms with Crippen LogP contribution in [0.25, 0.3) is 0 Å². The summed E-state index contributed by atoms with van der Waals surface area (Å²) in [6.07, 6.45) is 8.15. The van der Waals surface area contributed by atoms with E-state index in [1.54, 1.807) is 31.1 Å². The smallest absolute Gasteiger partial charge is 0.260 e. The van der Waals surface area contributed by atoms with Gasteiger partial charge in [0.2, 0.25) is 5.91 Å². The van der Waals surface area contributed by atoms with E-state index in [0.29, 0.717) is 12.5 Å². The van der Waals surface area contributed by atoms with Gasteiger partial charge in [0.25, 0.3) is 10.0 Å². The maximum absolute atomic E-state index is 13.3. The molecule has 1 saturated heterocycles. The molecule has 1 aliphatic carbocycles. The number of hydrogen-bond donors (Lipinski definition) is 1. The topological polar surface area (TPSA) is 96.6 Å². The Balaban J connectivity index is 1.89. The summed E-state index contributed by atoms with van der Waals surface area (Å²) in [5, 5.41) is 0.0239. The molecule has 2 unspecified atom stereocenters. The minimum absolute atomic E-state index is 0.00405. The molecule has 2 N–H and O–H groups in total. The van der Waals surface area contributed by atoms with E-state index in [1.807, 2.05) is 0 Å². The van der Waals surface area contributed by atoms with Crippen molar-refractivity contribution in [2.24, 2.45) is 23.5 Å². The summed E-state index contributed by atoms with van der Waals surface area (Å²) >= 11 is 0. The van der Waals surface area contributed by atoms with Crippen LogP contribution in [-0.2, 0) is 21.4 Å². The molecule has 2 aliphatic rings. The lowest BCUT2D eigenvalue weighted by Crippen LogP contribution is -2.50. The van der Waals surface area contributed by atoms with Crippen molar-refractivity contribution >= 4 is 15.9 Å². The molecular formula is C20H32N4O3S. The number of amides is 1. The van der Waals surface area contributed by atoms with Gasteiger partial charge >= 0.3 is 0 Å². The number of pyridine rings is 1. The fraction of sp³-hybridized carbons (Fsp3) is 0.700. The highest BCUT2D eigenvalue weighted by Crippen LogP contribution is 2.38. The Morgan fingerprint density at radius 2 is 1.93 bits per heavy atom. The molecule has 3 rings (SSSR count). The zero-order valence-corrected chi connectivity index (χ0v) is 17.7. The van der Waals surface area contributed by atoms with E-state index in [1.165, 1.54) is 29.8 Å². The first kappa shape index (κ1) is 21.2. The van der Waals surface area contributed by atoms with E-state index < -0.39 is 10.0 Å². The molecular weight excluding hydrogens is 376 g/mol. The molecule has 1 amide bonds. The molecule has 1 saturated carbocycles. The van der Waals surface area contributed by atoms with Crippen molar-refractivity contribution in [1.82, 2.24) is 14.2 Å². The molecule has 1 aliphatic heterocycles. The van der Waals surface area contributed by atoms with E-state index in [0.717, 1.165) is 24.8 Å². The van der Waals surface area contributed by atoms with Gasteiger partial charge in [-0.15, -0.1) is 0 Å². The summed E-state index contributed by atoms with van der Waals surface area (Å²) in [5.74, 6) is 0.412. The largest absolute Gasteiger partial charge is 0.349 e. The van der Waals surface area contributed by atoms with Crippen molar-refractivity contribution in [2.75, 3.05) is 27.2 Å². The van der Waals surface area contributed by atoms with Crippen molar-refractivity contribution in [1.29, 1.82) is 0 Å². The molecule has 2 heterocycles. The number of nitrogens with two attached hydrogens (primary N) is 1. The van der Waals surface area contributed by atoms with Crippen molar-refractivity contribution < 1.29 is 13.2 Å². The van der Waals surface area contributed by atoms with Crippen molar-refractivity contribution in [2.45, 2.75) is 50.1 Å². The Bertz CT molecular complexity index is 790. The first-order valence-corrected chi connectivity index (χ1v) is 11.6. The summed E-state index contributed by atoms with van der Waals surface area (Å²) < 4.78 is 28.1. The van der Waals surface area contributed by atoms with Gasteiger partial charge in [-0.1, -0.05) is 32.1 Å². The van der Waals surface area contributed by atoms with Gasteiger partial charge in [-0.3, -0.25) is 4.79 Å². The van der Waals surface area contributed by atoms with Crippen LogP contribution >= 0.6 is 0 Å². The Hall–Kier alpha value is -1.51. The number of hydrogen-bond acceptors (Lipinski definition) is 5. The van der Waals surface area contributed by atoms with Gasteiger partial charge in [-0.2, -0.15) is 4.31 Å². The SMILES string of the molecule is CN(C)C(=O)C1CC(C2CCCCC2)CN(S(=O)(=O)c2cc(CN)ccn2)C1. The first-order valence-electron chi connectivity index (χ1n) is 10.2. The number of nitrogens with zero attached hydrogens (tertiary/aromatic N) is 3. The number of aromatic nitrogens is 1. The lowest BCUT2D eigenvalue weighted by Gasteiger charge is -2.41.